The summed E-state index contributed by atoms with van der Waals surface area (Å²) in [7, 11) is 0. The van der Waals surface area contributed by atoms with Crippen molar-refractivity contribution in [2.45, 2.75) is 12.3 Å². The molecule has 0 bridgehead atoms. The molecule has 29 heavy (non-hydrogen) atoms. The lowest BCUT2D eigenvalue weighted by Gasteiger charge is -2.16. The highest BCUT2D eigenvalue weighted by atomic mass is 16.4. The fraction of sp³-hybridized carbons (Fsp3) is 0.0833. The molecule has 0 aromatic heterocycles. The van der Waals surface area contributed by atoms with E-state index in [1.165, 1.54) is 0 Å². The number of benzene rings is 3. The van der Waals surface area contributed by atoms with Crippen LogP contribution in [0, 0.1) is 5.41 Å². The number of hydrogen-bond donors (Lipinski definition) is 4. The maximum absolute atomic E-state index is 11.4. The topological polar surface area (TPSA) is 99.2 Å². The van der Waals surface area contributed by atoms with Gasteiger partial charge < -0.3 is 16.2 Å². The zero-order valence-corrected chi connectivity index (χ0v) is 15.9. The first-order chi connectivity index (χ1) is 14.0. The number of carboxylic acids is 1. The van der Waals surface area contributed by atoms with Crippen molar-refractivity contribution in [2.24, 2.45) is 5.73 Å². The molecule has 3 aromatic rings. The lowest BCUT2D eigenvalue weighted by molar-refractivity contribution is -0.137. The van der Waals surface area contributed by atoms with Gasteiger partial charge in [0.2, 0.25) is 0 Å². The Morgan fingerprint density at radius 3 is 2.21 bits per heavy atom. The molecule has 0 spiro atoms. The summed E-state index contributed by atoms with van der Waals surface area (Å²) in [4.78, 5) is 11.4. The van der Waals surface area contributed by atoms with Gasteiger partial charge in [0.05, 0.1) is 6.42 Å². The van der Waals surface area contributed by atoms with Gasteiger partial charge in [0.25, 0.3) is 0 Å². The van der Waals surface area contributed by atoms with Crippen molar-refractivity contribution < 1.29 is 9.90 Å². The van der Waals surface area contributed by atoms with Gasteiger partial charge in [-0.3, -0.25) is 10.2 Å². The second-order valence-electron chi connectivity index (χ2n) is 6.73. The highest BCUT2D eigenvalue weighted by Gasteiger charge is 2.17. The number of nitrogens with one attached hydrogen (secondary N) is 2. The molecule has 0 aliphatic rings. The summed E-state index contributed by atoms with van der Waals surface area (Å²) in [5.41, 5.74) is 10.0. The second-order valence-corrected chi connectivity index (χ2v) is 6.73. The van der Waals surface area contributed by atoms with E-state index in [9.17, 15) is 9.90 Å². The molecule has 3 aromatic carbocycles. The van der Waals surface area contributed by atoms with Crippen LogP contribution in [-0.2, 0) is 4.79 Å². The zero-order valence-electron chi connectivity index (χ0n) is 15.9. The fourth-order valence-electron chi connectivity index (χ4n) is 3.24. The van der Waals surface area contributed by atoms with Crippen LogP contribution < -0.4 is 11.1 Å². The minimum atomic E-state index is -0.824. The van der Waals surface area contributed by atoms with Crippen LogP contribution in [0.2, 0.25) is 0 Å². The van der Waals surface area contributed by atoms with Gasteiger partial charge >= 0.3 is 5.97 Å². The minimum absolute atomic E-state index is 0.0376. The summed E-state index contributed by atoms with van der Waals surface area (Å²) < 4.78 is 0. The predicted molar refractivity (Wildman–Crippen MR) is 118 cm³/mol. The van der Waals surface area contributed by atoms with Crippen LogP contribution in [0.1, 0.15) is 34.6 Å². The van der Waals surface area contributed by atoms with Crippen molar-refractivity contribution in [3.63, 3.8) is 0 Å². The molecule has 1 unspecified atom stereocenters. The third-order valence-corrected chi connectivity index (χ3v) is 4.53. The van der Waals surface area contributed by atoms with Gasteiger partial charge in [-0.2, -0.15) is 0 Å². The number of hydrogen-bond acceptors (Lipinski definition) is 2. The number of rotatable bonds is 7. The molecule has 0 aliphatic heterocycles. The Labute approximate surface area is 170 Å². The molecule has 5 N–H and O–H groups in total. The Kier molecular flexibility index (Phi) is 6.43. The van der Waals surface area contributed by atoms with Crippen LogP contribution in [0.5, 0.6) is 0 Å². The molecule has 146 valence electrons. The van der Waals surface area contributed by atoms with E-state index in [2.05, 4.69) is 5.32 Å². The van der Waals surface area contributed by atoms with E-state index in [4.69, 9.17) is 11.1 Å². The summed E-state index contributed by atoms with van der Waals surface area (Å²) >= 11 is 0. The number of carboxylic acid groups (broad SMARTS) is 1. The lowest BCUT2D eigenvalue weighted by Crippen LogP contribution is -2.20. The molecule has 0 aliphatic carbocycles. The first-order valence-corrected chi connectivity index (χ1v) is 9.27. The molecule has 5 heteroatoms. The van der Waals surface area contributed by atoms with Crippen molar-refractivity contribution >= 4 is 29.8 Å². The Balaban J connectivity index is 1.85. The summed E-state index contributed by atoms with van der Waals surface area (Å²) in [6.07, 6.45) is 3.99. The highest BCUT2D eigenvalue weighted by molar-refractivity contribution is 5.90. The van der Waals surface area contributed by atoms with Crippen LogP contribution in [0.3, 0.4) is 0 Å². The number of nitrogens with two attached hydrogens (primary N) is 1. The molecule has 0 saturated heterocycles. The maximum Gasteiger partial charge on any atom is 0.304 e. The number of guanidine groups is 1. The van der Waals surface area contributed by atoms with E-state index >= 15 is 0 Å². The maximum atomic E-state index is 11.4. The lowest BCUT2D eigenvalue weighted by atomic mass is 9.88. The summed E-state index contributed by atoms with van der Waals surface area (Å²) in [5, 5.41) is 19.5. The third kappa shape index (κ3) is 5.81. The Morgan fingerprint density at radius 1 is 0.931 bits per heavy atom. The van der Waals surface area contributed by atoms with Gasteiger partial charge in [-0.25, -0.2) is 0 Å². The van der Waals surface area contributed by atoms with Crippen LogP contribution in [-0.4, -0.2) is 17.0 Å². The first-order valence-electron chi connectivity index (χ1n) is 9.27. The second kappa shape index (κ2) is 9.37. The van der Waals surface area contributed by atoms with Crippen LogP contribution in [0.25, 0.3) is 12.2 Å². The van der Waals surface area contributed by atoms with Crippen molar-refractivity contribution in [2.75, 3.05) is 5.32 Å². The van der Waals surface area contributed by atoms with Crippen molar-refractivity contribution in [1.82, 2.24) is 0 Å². The Morgan fingerprint density at radius 2 is 1.55 bits per heavy atom. The quantitative estimate of drug-likeness (QED) is 0.267. The Bertz CT molecular complexity index is 1030. The summed E-state index contributed by atoms with van der Waals surface area (Å²) in [6, 6.07) is 25.2. The molecule has 3 rings (SSSR count). The molecular weight excluding hydrogens is 362 g/mol. The number of aliphatic carboxylic acids is 1. The van der Waals surface area contributed by atoms with Gasteiger partial charge in [0.15, 0.2) is 5.96 Å². The summed E-state index contributed by atoms with van der Waals surface area (Å²) in [6.45, 7) is 0. The van der Waals surface area contributed by atoms with E-state index in [-0.39, 0.29) is 18.3 Å². The molecule has 5 nitrogen and oxygen atoms in total. The summed E-state index contributed by atoms with van der Waals surface area (Å²) in [5.74, 6) is -1.14. The largest absolute Gasteiger partial charge is 0.481 e. The molecule has 1 atom stereocenters. The van der Waals surface area contributed by atoms with Crippen LogP contribution >= 0.6 is 0 Å². The number of anilines is 1. The van der Waals surface area contributed by atoms with E-state index < -0.39 is 5.97 Å². The molecule has 0 amide bonds. The van der Waals surface area contributed by atoms with Crippen LogP contribution in [0.15, 0.2) is 78.9 Å². The molecule has 0 heterocycles. The van der Waals surface area contributed by atoms with Crippen LogP contribution in [0.4, 0.5) is 5.69 Å². The van der Waals surface area contributed by atoms with E-state index in [0.29, 0.717) is 0 Å². The fourth-order valence-corrected chi connectivity index (χ4v) is 3.24. The van der Waals surface area contributed by atoms with E-state index in [1.54, 1.807) is 0 Å². The normalized spacial score (nSPS) is 11.9. The predicted octanol–water partition coefficient (Wildman–Crippen LogP) is 4.77. The smallest absolute Gasteiger partial charge is 0.304 e. The minimum Gasteiger partial charge on any atom is -0.481 e. The third-order valence-electron chi connectivity index (χ3n) is 4.53. The SMILES string of the molecule is N=C(N)Nc1cccc(/C=C\c2cccc(C(CC(=O)O)c3ccccc3)c2)c1. The standard InChI is InChI=1S/C24H23N3O2/c25-24(26)27-21-11-5-7-18(15-21)13-12-17-6-4-10-20(14-17)22(16-23(28)29)19-8-2-1-3-9-19/h1-15,22H,16H2,(H,28,29)(H4,25,26,27)/b13-12-. The monoisotopic (exact) mass is 385 g/mol. The number of carbonyl (C=O) groups is 1. The molecule has 0 radical (unpaired) electrons. The highest BCUT2D eigenvalue weighted by Crippen LogP contribution is 2.29. The average molecular weight is 385 g/mol. The van der Waals surface area contributed by atoms with E-state index in [1.807, 2.05) is 91.0 Å². The zero-order chi connectivity index (χ0) is 20.6. The molecular formula is C24H23N3O2. The van der Waals surface area contributed by atoms with Crippen molar-refractivity contribution in [3.05, 3.63) is 101 Å². The van der Waals surface area contributed by atoms with Gasteiger partial charge in [-0.1, -0.05) is 78.9 Å². The van der Waals surface area contributed by atoms with Gasteiger partial charge in [0, 0.05) is 11.6 Å². The van der Waals surface area contributed by atoms with Gasteiger partial charge in [-0.05, 0) is 34.4 Å². The van der Waals surface area contributed by atoms with Crippen molar-refractivity contribution in [1.29, 1.82) is 5.41 Å². The average Bonchev–Trinajstić information content (AvgIpc) is 2.71. The van der Waals surface area contributed by atoms with Gasteiger partial charge in [-0.15, -0.1) is 0 Å². The van der Waals surface area contributed by atoms with E-state index in [0.717, 1.165) is 27.9 Å². The van der Waals surface area contributed by atoms with Crippen molar-refractivity contribution in [3.8, 4) is 0 Å². The Hall–Kier alpha value is -3.86. The molecule has 0 saturated carbocycles. The van der Waals surface area contributed by atoms with Gasteiger partial charge in [0.1, 0.15) is 0 Å². The molecule has 0 fully saturated rings. The first kappa shape index (κ1) is 19.9.